The molecule has 0 aromatic rings. The van der Waals surface area contributed by atoms with Gasteiger partial charge in [0.15, 0.2) is 0 Å². The van der Waals surface area contributed by atoms with Crippen molar-refractivity contribution >= 4 is 35.2 Å². The largest absolute Gasteiger partial charge is 0.477 e. The van der Waals surface area contributed by atoms with Gasteiger partial charge in [-0.2, -0.15) is 9.89 Å². The summed E-state index contributed by atoms with van der Waals surface area (Å²) in [5.41, 5.74) is 0.252. The molecule has 1 unspecified atom stereocenters. The number of unbranched alkanes of at least 4 members (excludes halogenated alkanes) is 1. The Morgan fingerprint density at radius 3 is 2.62 bits per heavy atom. The van der Waals surface area contributed by atoms with Crippen molar-refractivity contribution in [1.82, 2.24) is 4.90 Å². The number of aliphatic imine (C=N–C) groups is 1. The Labute approximate surface area is 148 Å². The lowest BCUT2D eigenvalue weighted by atomic mass is 10.0. The summed E-state index contributed by atoms with van der Waals surface area (Å²) in [5, 5.41) is -0.156. The number of thiocarbonyl (C=S) groups is 1. The van der Waals surface area contributed by atoms with Crippen LogP contribution in [0.4, 0.5) is 4.79 Å². The highest BCUT2D eigenvalue weighted by Crippen LogP contribution is 2.19. The molecule has 0 fully saturated rings. The lowest BCUT2D eigenvalue weighted by Crippen LogP contribution is -2.46. The van der Waals surface area contributed by atoms with E-state index < -0.39 is 12.0 Å². The first kappa shape index (κ1) is 20.3. The molecule has 0 radical (unpaired) electrons. The smallest absolute Gasteiger partial charge is 0.423 e. The van der Waals surface area contributed by atoms with Crippen LogP contribution in [0.2, 0.25) is 0 Å². The molecule has 0 saturated heterocycles. The van der Waals surface area contributed by atoms with Crippen LogP contribution in [0.15, 0.2) is 16.6 Å². The van der Waals surface area contributed by atoms with Crippen LogP contribution in [0.3, 0.4) is 0 Å². The predicted molar refractivity (Wildman–Crippen MR) is 96.9 cm³/mol. The topological polar surface area (TPSA) is 68.2 Å². The molecule has 0 aliphatic carbocycles. The molecular formula is C17H26N2O4S. The predicted octanol–water partition coefficient (Wildman–Crippen LogP) is 3.85. The zero-order valence-corrected chi connectivity index (χ0v) is 15.6. The number of nitrogens with zero attached hydrogens (tertiary/aromatic N) is 2. The van der Waals surface area contributed by atoms with Crippen LogP contribution >= 0.6 is 12.2 Å². The van der Waals surface area contributed by atoms with E-state index >= 15 is 0 Å². The number of imide groups is 1. The molecule has 1 rings (SSSR count). The van der Waals surface area contributed by atoms with Crippen LogP contribution in [0.1, 0.15) is 52.9 Å². The Morgan fingerprint density at radius 1 is 1.38 bits per heavy atom. The molecule has 2 amide bonds. The van der Waals surface area contributed by atoms with Gasteiger partial charge >= 0.3 is 6.09 Å². The quantitative estimate of drug-likeness (QED) is 0.513. The van der Waals surface area contributed by atoms with E-state index in [1.54, 1.807) is 6.08 Å². The fourth-order valence-corrected chi connectivity index (χ4v) is 2.57. The number of rotatable bonds is 7. The average molecular weight is 354 g/mol. The van der Waals surface area contributed by atoms with Crippen molar-refractivity contribution in [2.75, 3.05) is 13.7 Å². The summed E-state index contributed by atoms with van der Waals surface area (Å²) in [6.45, 7) is 6.64. The van der Waals surface area contributed by atoms with Crippen molar-refractivity contribution < 1.29 is 19.1 Å². The first-order valence-corrected chi connectivity index (χ1v) is 8.79. The number of methoxy groups -OCH3 is 1. The Bertz CT molecular complexity index is 543. The third kappa shape index (κ3) is 5.12. The molecule has 0 N–H and O–H groups in total. The minimum absolute atomic E-state index is 0.156. The summed E-state index contributed by atoms with van der Waals surface area (Å²) >= 11 is 5.05. The number of carbonyl (C=O) groups is 2. The van der Waals surface area contributed by atoms with Crippen LogP contribution in [0, 0.1) is 5.92 Å². The normalized spacial score (nSPS) is 17.8. The van der Waals surface area contributed by atoms with Crippen LogP contribution in [0.25, 0.3) is 0 Å². The molecule has 1 atom stereocenters. The van der Waals surface area contributed by atoms with Crippen molar-refractivity contribution in [3.05, 3.63) is 11.6 Å². The maximum absolute atomic E-state index is 12.5. The third-order valence-corrected chi connectivity index (χ3v) is 4.09. The second-order valence-corrected chi connectivity index (χ2v) is 5.93. The van der Waals surface area contributed by atoms with Crippen LogP contribution < -0.4 is 0 Å². The van der Waals surface area contributed by atoms with E-state index in [1.807, 2.05) is 6.92 Å². The molecule has 0 saturated carbocycles. The zero-order chi connectivity index (χ0) is 18.1. The number of hydrogen-bond acceptors (Lipinski definition) is 5. The molecule has 1 aliphatic rings. The molecule has 0 spiro atoms. The van der Waals surface area contributed by atoms with Gasteiger partial charge < -0.3 is 9.47 Å². The van der Waals surface area contributed by atoms with Gasteiger partial charge in [-0.3, -0.25) is 4.79 Å². The van der Waals surface area contributed by atoms with Crippen molar-refractivity contribution in [3.8, 4) is 0 Å². The first-order valence-electron chi connectivity index (χ1n) is 8.38. The van der Waals surface area contributed by atoms with E-state index in [4.69, 9.17) is 17.0 Å². The highest BCUT2D eigenvalue weighted by atomic mass is 32.1. The minimum atomic E-state index is -0.843. The molecule has 0 bridgehead atoms. The lowest BCUT2D eigenvalue weighted by molar-refractivity contribution is -0.122. The van der Waals surface area contributed by atoms with Gasteiger partial charge in [-0.1, -0.05) is 46.1 Å². The van der Waals surface area contributed by atoms with Crippen LogP contribution in [-0.2, 0) is 14.3 Å². The summed E-state index contributed by atoms with van der Waals surface area (Å²) < 4.78 is 10.4. The number of allylic oxidation sites excluding steroid dienone is 1. The Kier molecular flexibility index (Phi) is 8.60. The fourth-order valence-electron chi connectivity index (χ4n) is 2.33. The van der Waals surface area contributed by atoms with E-state index in [0.717, 1.165) is 30.6 Å². The lowest BCUT2D eigenvalue weighted by Gasteiger charge is -2.25. The van der Waals surface area contributed by atoms with Crippen molar-refractivity contribution in [1.29, 1.82) is 0 Å². The number of hydrogen-bond donors (Lipinski definition) is 0. The molecule has 1 aliphatic heterocycles. The van der Waals surface area contributed by atoms with E-state index in [2.05, 4.69) is 23.6 Å². The Balaban J connectivity index is 2.95. The van der Waals surface area contributed by atoms with Gasteiger partial charge in [-0.15, -0.1) is 0 Å². The van der Waals surface area contributed by atoms with Gasteiger partial charge in [0.2, 0.25) is 11.0 Å². The summed E-state index contributed by atoms with van der Waals surface area (Å²) in [6.07, 6.45) is 5.79. The van der Waals surface area contributed by atoms with Crippen LogP contribution in [0.5, 0.6) is 0 Å². The monoisotopic (exact) mass is 354 g/mol. The maximum atomic E-state index is 12.5. The van der Waals surface area contributed by atoms with E-state index in [9.17, 15) is 9.59 Å². The molecule has 24 heavy (non-hydrogen) atoms. The molecular weight excluding hydrogens is 328 g/mol. The highest BCUT2D eigenvalue weighted by Gasteiger charge is 2.36. The number of ether oxygens (including phenoxy) is 2. The molecule has 0 aromatic carbocycles. The van der Waals surface area contributed by atoms with E-state index in [1.165, 1.54) is 7.11 Å². The number of carbonyl (C=O) groups excluding carboxylic acids is 2. The van der Waals surface area contributed by atoms with Crippen LogP contribution in [-0.4, -0.2) is 41.6 Å². The third-order valence-electron chi connectivity index (χ3n) is 3.82. The van der Waals surface area contributed by atoms with E-state index in [-0.39, 0.29) is 16.6 Å². The molecule has 7 heteroatoms. The summed E-state index contributed by atoms with van der Waals surface area (Å²) in [6, 6.07) is 0. The molecule has 1 heterocycles. The van der Waals surface area contributed by atoms with Crippen molar-refractivity contribution in [3.63, 3.8) is 0 Å². The molecule has 0 aromatic heterocycles. The van der Waals surface area contributed by atoms with Crippen molar-refractivity contribution in [2.45, 2.75) is 52.9 Å². The van der Waals surface area contributed by atoms with Gasteiger partial charge in [0.1, 0.15) is 0 Å². The van der Waals surface area contributed by atoms with Gasteiger partial charge in [0.25, 0.3) is 5.91 Å². The Morgan fingerprint density at radius 2 is 2.08 bits per heavy atom. The van der Waals surface area contributed by atoms with Gasteiger partial charge in [0.05, 0.1) is 19.3 Å². The second-order valence-electron chi connectivity index (χ2n) is 5.56. The van der Waals surface area contributed by atoms with Gasteiger partial charge in [-0.05, 0) is 31.0 Å². The van der Waals surface area contributed by atoms with E-state index in [0.29, 0.717) is 18.9 Å². The first-order chi connectivity index (χ1) is 11.5. The minimum Gasteiger partial charge on any atom is -0.477 e. The molecule has 6 nitrogen and oxygen atoms in total. The summed E-state index contributed by atoms with van der Waals surface area (Å²) in [4.78, 5) is 29.1. The highest BCUT2D eigenvalue weighted by molar-refractivity contribution is 7.80. The summed E-state index contributed by atoms with van der Waals surface area (Å²) in [5.74, 6) is 0.0418. The average Bonchev–Trinajstić information content (AvgIpc) is 2.57. The Hall–Kier alpha value is -1.76. The van der Waals surface area contributed by atoms with Gasteiger partial charge in [0, 0.05) is 0 Å². The standard InChI is InChI=1S/C17H26N2O4S/c1-5-8-10-12(7-3)11-23-14-13(9-6-2)15(20)19(16(24)18-14)17(21)22-4/h9,12H,5-8,10-11H2,1-4H3/b13-9+. The maximum Gasteiger partial charge on any atom is 0.423 e. The van der Waals surface area contributed by atoms with Gasteiger partial charge in [-0.25, -0.2) is 4.79 Å². The number of amides is 2. The second kappa shape index (κ2) is 10.2. The van der Waals surface area contributed by atoms with Crippen molar-refractivity contribution in [2.24, 2.45) is 10.9 Å². The SMILES string of the molecule is CC/C=C1/C(=O)N(C(=O)OC)C(=S)N=C1OCC(CC)CCCC. The fraction of sp³-hybridized carbons (Fsp3) is 0.647. The zero-order valence-electron chi connectivity index (χ0n) is 14.8. The molecule has 134 valence electrons. The summed E-state index contributed by atoms with van der Waals surface area (Å²) in [7, 11) is 1.19.